The number of nitrogens with two attached hydrogens (primary N) is 1. The van der Waals surface area contributed by atoms with Gasteiger partial charge in [-0.3, -0.25) is 0 Å². The van der Waals surface area contributed by atoms with Gasteiger partial charge in [-0.25, -0.2) is 0 Å². The highest BCUT2D eigenvalue weighted by molar-refractivity contribution is 5.40. The predicted octanol–water partition coefficient (Wildman–Crippen LogP) is 3.15. The van der Waals surface area contributed by atoms with Gasteiger partial charge in [0, 0.05) is 17.8 Å². The summed E-state index contributed by atoms with van der Waals surface area (Å²) in [5, 5.41) is 3.70. The van der Waals surface area contributed by atoms with Gasteiger partial charge in [-0.05, 0) is 49.3 Å². The minimum absolute atomic E-state index is 0.594. The number of rotatable bonds is 2. The quantitative estimate of drug-likeness (QED) is 0.769. The van der Waals surface area contributed by atoms with Gasteiger partial charge in [0.1, 0.15) is 0 Å². The van der Waals surface area contributed by atoms with Crippen LogP contribution in [0.4, 0.5) is 5.69 Å². The van der Waals surface area contributed by atoms with Gasteiger partial charge in [0.05, 0.1) is 0 Å². The van der Waals surface area contributed by atoms with Crippen LogP contribution in [-0.2, 0) is 0 Å². The zero-order valence-corrected chi connectivity index (χ0v) is 11.1. The number of hydrogen-bond donors (Lipinski definition) is 2. The van der Waals surface area contributed by atoms with Gasteiger partial charge in [0.2, 0.25) is 0 Å². The molecular formula is C15H24N2. The van der Waals surface area contributed by atoms with Crippen LogP contribution in [0, 0.1) is 5.92 Å². The van der Waals surface area contributed by atoms with E-state index in [0.717, 1.165) is 5.69 Å². The third-order valence-corrected chi connectivity index (χ3v) is 4.32. The molecule has 1 aliphatic rings. The van der Waals surface area contributed by atoms with Crippen molar-refractivity contribution in [1.82, 2.24) is 5.32 Å². The lowest BCUT2D eigenvalue weighted by Crippen LogP contribution is -2.48. The first-order chi connectivity index (χ1) is 8.11. The lowest BCUT2D eigenvalue weighted by atomic mass is 9.75. The largest absolute Gasteiger partial charge is 0.399 e. The highest BCUT2D eigenvalue weighted by Crippen LogP contribution is 2.36. The van der Waals surface area contributed by atoms with E-state index >= 15 is 0 Å². The maximum Gasteiger partial charge on any atom is 0.0314 e. The Balaban J connectivity index is 2.20. The molecule has 0 saturated carbocycles. The average Bonchev–Trinajstić information content (AvgIpc) is 2.34. The summed E-state index contributed by atoms with van der Waals surface area (Å²) < 4.78 is 0. The second-order valence-electron chi connectivity index (χ2n) is 5.43. The second kappa shape index (κ2) is 5.09. The number of benzene rings is 1. The fraction of sp³-hybridized carbons (Fsp3) is 0.600. The molecule has 4 unspecified atom stereocenters. The van der Waals surface area contributed by atoms with Crippen molar-refractivity contribution in [3.63, 3.8) is 0 Å². The minimum atomic E-state index is 0.594. The summed E-state index contributed by atoms with van der Waals surface area (Å²) in [7, 11) is 0. The summed E-state index contributed by atoms with van der Waals surface area (Å²) in [5.41, 5.74) is 8.06. The van der Waals surface area contributed by atoms with Gasteiger partial charge in [0.15, 0.2) is 0 Å². The molecule has 2 nitrogen and oxygen atoms in total. The maximum atomic E-state index is 5.76. The normalized spacial score (nSPS) is 33.6. The predicted molar refractivity (Wildman–Crippen MR) is 74.1 cm³/mol. The summed E-state index contributed by atoms with van der Waals surface area (Å²) in [6, 6.07) is 9.69. The molecule has 1 heterocycles. The first-order valence-electron chi connectivity index (χ1n) is 6.73. The van der Waals surface area contributed by atoms with E-state index in [1.807, 2.05) is 12.1 Å². The van der Waals surface area contributed by atoms with Gasteiger partial charge < -0.3 is 11.1 Å². The smallest absolute Gasteiger partial charge is 0.0314 e. The average molecular weight is 232 g/mol. The zero-order chi connectivity index (χ0) is 12.4. The molecule has 1 aliphatic heterocycles. The monoisotopic (exact) mass is 232 g/mol. The van der Waals surface area contributed by atoms with E-state index in [1.54, 1.807) is 0 Å². The summed E-state index contributed by atoms with van der Waals surface area (Å²) in [6.45, 7) is 6.92. The first-order valence-corrected chi connectivity index (χ1v) is 6.73. The Kier molecular flexibility index (Phi) is 3.72. The molecule has 2 heteroatoms. The van der Waals surface area contributed by atoms with Crippen molar-refractivity contribution in [3.05, 3.63) is 29.8 Å². The SMILES string of the molecule is CCC1CC(c2ccc(N)cc2)C(C)C(C)N1. The highest BCUT2D eigenvalue weighted by atomic mass is 15.0. The fourth-order valence-electron chi connectivity index (χ4n) is 2.93. The van der Waals surface area contributed by atoms with Crippen molar-refractivity contribution in [3.8, 4) is 0 Å². The van der Waals surface area contributed by atoms with E-state index in [1.165, 1.54) is 18.4 Å². The van der Waals surface area contributed by atoms with Crippen LogP contribution in [0.25, 0.3) is 0 Å². The molecule has 3 N–H and O–H groups in total. The molecule has 0 bridgehead atoms. The van der Waals surface area contributed by atoms with Gasteiger partial charge in [0.25, 0.3) is 0 Å². The summed E-state index contributed by atoms with van der Waals surface area (Å²) in [5.74, 6) is 1.35. The molecule has 1 fully saturated rings. The molecule has 4 atom stereocenters. The summed E-state index contributed by atoms with van der Waals surface area (Å²) >= 11 is 0. The Hall–Kier alpha value is -1.02. The lowest BCUT2D eigenvalue weighted by molar-refractivity contribution is 0.220. The summed E-state index contributed by atoms with van der Waals surface area (Å²) in [4.78, 5) is 0. The highest BCUT2D eigenvalue weighted by Gasteiger charge is 2.32. The van der Waals surface area contributed by atoms with E-state index in [2.05, 4.69) is 38.2 Å². The van der Waals surface area contributed by atoms with Gasteiger partial charge in [-0.2, -0.15) is 0 Å². The number of hydrogen-bond acceptors (Lipinski definition) is 2. The second-order valence-corrected chi connectivity index (χ2v) is 5.43. The molecule has 0 amide bonds. The molecule has 94 valence electrons. The molecular weight excluding hydrogens is 208 g/mol. The van der Waals surface area contributed by atoms with Crippen LogP contribution in [-0.4, -0.2) is 12.1 Å². The third kappa shape index (κ3) is 2.63. The Morgan fingerprint density at radius 3 is 2.47 bits per heavy atom. The first kappa shape index (κ1) is 12.4. The van der Waals surface area contributed by atoms with Crippen LogP contribution in [0.2, 0.25) is 0 Å². The van der Waals surface area contributed by atoms with Crippen LogP contribution >= 0.6 is 0 Å². The molecule has 0 spiro atoms. The standard InChI is InChI=1S/C15H24N2/c1-4-14-9-15(10(2)11(3)17-14)12-5-7-13(16)8-6-12/h5-8,10-11,14-15,17H,4,9,16H2,1-3H3. The van der Waals surface area contributed by atoms with Gasteiger partial charge >= 0.3 is 0 Å². The Morgan fingerprint density at radius 2 is 1.88 bits per heavy atom. The van der Waals surface area contributed by atoms with Crippen LogP contribution in [0.1, 0.15) is 45.1 Å². The van der Waals surface area contributed by atoms with E-state index in [-0.39, 0.29) is 0 Å². The maximum absolute atomic E-state index is 5.76. The van der Waals surface area contributed by atoms with Crippen molar-refractivity contribution < 1.29 is 0 Å². The van der Waals surface area contributed by atoms with E-state index in [9.17, 15) is 0 Å². The topological polar surface area (TPSA) is 38.0 Å². The molecule has 0 radical (unpaired) electrons. The van der Waals surface area contributed by atoms with Crippen LogP contribution in [0.15, 0.2) is 24.3 Å². The number of anilines is 1. The van der Waals surface area contributed by atoms with Crippen molar-refractivity contribution in [2.75, 3.05) is 5.73 Å². The Labute approximate surface area is 105 Å². The molecule has 0 aliphatic carbocycles. The number of piperidine rings is 1. The zero-order valence-electron chi connectivity index (χ0n) is 11.1. The van der Waals surface area contributed by atoms with Gasteiger partial charge in [-0.1, -0.05) is 26.0 Å². The van der Waals surface area contributed by atoms with Crippen LogP contribution in [0.5, 0.6) is 0 Å². The molecule has 2 rings (SSSR count). The third-order valence-electron chi connectivity index (χ3n) is 4.32. The van der Waals surface area contributed by atoms with Crippen molar-refractivity contribution in [1.29, 1.82) is 0 Å². The Morgan fingerprint density at radius 1 is 1.24 bits per heavy atom. The fourth-order valence-corrected chi connectivity index (χ4v) is 2.93. The van der Waals surface area contributed by atoms with Crippen LogP contribution < -0.4 is 11.1 Å². The van der Waals surface area contributed by atoms with E-state index in [0.29, 0.717) is 23.9 Å². The van der Waals surface area contributed by atoms with Crippen molar-refractivity contribution in [2.45, 2.75) is 51.6 Å². The number of nitrogen functional groups attached to an aromatic ring is 1. The van der Waals surface area contributed by atoms with E-state index < -0.39 is 0 Å². The molecule has 1 aromatic rings. The Bertz CT molecular complexity index is 358. The van der Waals surface area contributed by atoms with Gasteiger partial charge in [-0.15, -0.1) is 0 Å². The molecule has 17 heavy (non-hydrogen) atoms. The summed E-state index contributed by atoms with van der Waals surface area (Å²) in [6.07, 6.45) is 2.45. The molecule has 0 aromatic heterocycles. The van der Waals surface area contributed by atoms with Crippen LogP contribution in [0.3, 0.4) is 0 Å². The minimum Gasteiger partial charge on any atom is -0.399 e. The lowest BCUT2D eigenvalue weighted by Gasteiger charge is -2.40. The van der Waals surface area contributed by atoms with Crippen molar-refractivity contribution >= 4 is 5.69 Å². The molecule has 1 saturated heterocycles. The number of nitrogens with one attached hydrogen (secondary N) is 1. The van der Waals surface area contributed by atoms with E-state index in [4.69, 9.17) is 5.73 Å². The van der Waals surface area contributed by atoms with Crippen molar-refractivity contribution in [2.24, 2.45) is 5.92 Å². The molecule has 1 aromatic carbocycles.